The smallest absolute Gasteiger partial charge is 0.378 e. The van der Waals surface area contributed by atoms with Crippen molar-refractivity contribution >= 4 is 7.75 Å². The maximum Gasteiger partial charge on any atom is 0.402 e. The number of nitrogens with one attached hydrogen (secondary N) is 1. The van der Waals surface area contributed by atoms with Crippen LogP contribution in [0.1, 0.15) is 6.92 Å². The zero-order chi connectivity index (χ0) is 6.78. The third-order valence-electron chi connectivity index (χ3n) is 0.355. The van der Waals surface area contributed by atoms with Crippen molar-refractivity contribution < 1.29 is 19.5 Å². The van der Waals surface area contributed by atoms with Crippen molar-refractivity contribution in [2.75, 3.05) is 0 Å². The second kappa shape index (κ2) is 2.57. The summed E-state index contributed by atoms with van der Waals surface area (Å²) in [4.78, 5) is 16.1. The number of hydrogen-bond acceptors (Lipinski definition) is 2. The van der Waals surface area contributed by atoms with E-state index in [1.54, 1.807) is 5.09 Å². The van der Waals surface area contributed by atoms with Gasteiger partial charge in [0.05, 0.1) is 0 Å². The molecule has 0 aliphatic rings. The molecule has 50 valence electrons. The molecule has 1 unspecified atom stereocenters. The van der Waals surface area contributed by atoms with E-state index in [0.29, 0.717) is 0 Å². The van der Waals surface area contributed by atoms with Crippen molar-refractivity contribution in [3.05, 3.63) is 0 Å². The molecule has 0 aromatic rings. The lowest BCUT2D eigenvalue weighted by Crippen LogP contribution is -2.21. The summed E-state index contributed by atoms with van der Waals surface area (Å²) < 4.78 is 9.86. The highest BCUT2D eigenvalue weighted by Gasteiger charge is 2.13. The van der Waals surface area contributed by atoms with Crippen LogP contribution in [0.15, 0.2) is 0 Å². The average Bonchev–Trinajstić information content (AvgIpc) is 1.21. The topological polar surface area (TPSA) is 89.8 Å². The Morgan fingerprint density at radius 3 is 2.00 bits per heavy atom. The lowest BCUT2D eigenvalue weighted by atomic mass is 10.7. The monoisotopic (exact) mass is 141 g/mol. The van der Waals surface area contributed by atoms with Gasteiger partial charge in [-0.25, -0.2) is 4.57 Å². The summed E-state index contributed by atoms with van der Waals surface area (Å²) in [6, 6.07) is 0. The van der Waals surface area contributed by atoms with Gasteiger partial charge in [0, 0.05) is 0 Å². The number of aliphatic hydroxyl groups excluding tert-OH is 1. The first-order chi connectivity index (χ1) is 3.42. The fraction of sp³-hybridized carbons (Fsp3) is 1.00. The summed E-state index contributed by atoms with van der Waals surface area (Å²) in [7, 11) is -4.22. The molecule has 6 heteroatoms. The molecule has 1 atom stereocenters. The Balaban J connectivity index is 3.56. The standard InChI is InChI=1S/C2H8NO4P/c1-2(4)3-8(5,6)7/h2,4H,1H3,(H3,3,5,6,7). The second-order valence-corrected chi connectivity index (χ2v) is 2.70. The Hall–Kier alpha value is 0.0700. The Morgan fingerprint density at radius 2 is 2.00 bits per heavy atom. The second-order valence-electron chi connectivity index (χ2n) is 1.35. The summed E-state index contributed by atoms with van der Waals surface area (Å²) in [6.07, 6.45) is -1.17. The quantitative estimate of drug-likeness (QED) is 0.293. The van der Waals surface area contributed by atoms with Gasteiger partial charge in [0.25, 0.3) is 0 Å². The van der Waals surface area contributed by atoms with E-state index in [1.165, 1.54) is 6.92 Å². The molecule has 8 heavy (non-hydrogen) atoms. The third-order valence-corrected chi connectivity index (χ3v) is 1.07. The molecule has 0 fully saturated rings. The molecule has 0 aromatic heterocycles. The predicted octanol–water partition coefficient (Wildman–Crippen LogP) is -0.993. The van der Waals surface area contributed by atoms with Crippen LogP contribution in [-0.2, 0) is 4.57 Å². The van der Waals surface area contributed by atoms with E-state index in [1.807, 2.05) is 0 Å². The molecule has 0 rings (SSSR count). The van der Waals surface area contributed by atoms with Crippen LogP contribution in [0.2, 0.25) is 0 Å². The Labute approximate surface area is 46.6 Å². The maximum atomic E-state index is 9.86. The lowest BCUT2D eigenvalue weighted by molar-refractivity contribution is 0.170. The van der Waals surface area contributed by atoms with Gasteiger partial charge in [0.15, 0.2) is 0 Å². The van der Waals surface area contributed by atoms with Crippen LogP contribution in [0, 0.1) is 0 Å². The normalized spacial score (nSPS) is 16.0. The molecule has 0 saturated heterocycles. The molecule has 0 heterocycles. The van der Waals surface area contributed by atoms with Gasteiger partial charge in [-0.15, -0.1) is 0 Å². The van der Waals surface area contributed by atoms with E-state index in [-0.39, 0.29) is 0 Å². The van der Waals surface area contributed by atoms with Crippen molar-refractivity contribution in [1.82, 2.24) is 5.09 Å². The van der Waals surface area contributed by atoms with E-state index in [2.05, 4.69) is 0 Å². The molecular weight excluding hydrogens is 133 g/mol. The van der Waals surface area contributed by atoms with E-state index in [4.69, 9.17) is 14.9 Å². The van der Waals surface area contributed by atoms with Crippen LogP contribution in [-0.4, -0.2) is 21.1 Å². The van der Waals surface area contributed by atoms with Gasteiger partial charge in [-0.2, -0.15) is 5.09 Å². The first kappa shape index (κ1) is 8.07. The summed E-state index contributed by atoms with van der Waals surface area (Å²) in [5, 5.41) is 9.89. The fourth-order valence-electron chi connectivity index (χ4n) is 0.243. The third kappa shape index (κ3) is 6.07. The van der Waals surface area contributed by atoms with Gasteiger partial charge >= 0.3 is 7.75 Å². The molecule has 0 saturated carbocycles. The van der Waals surface area contributed by atoms with Gasteiger partial charge in [-0.1, -0.05) is 0 Å². The average molecular weight is 141 g/mol. The van der Waals surface area contributed by atoms with Gasteiger partial charge in [0.1, 0.15) is 6.23 Å². The highest BCUT2D eigenvalue weighted by molar-refractivity contribution is 7.49. The minimum Gasteiger partial charge on any atom is -0.378 e. The van der Waals surface area contributed by atoms with Gasteiger partial charge in [-0.05, 0) is 6.92 Å². The molecule has 0 spiro atoms. The van der Waals surface area contributed by atoms with E-state index >= 15 is 0 Å². The van der Waals surface area contributed by atoms with Gasteiger partial charge in [0.2, 0.25) is 0 Å². The molecule has 0 aromatic carbocycles. The van der Waals surface area contributed by atoms with Crippen molar-refractivity contribution in [3.8, 4) is 0 Å². The number of hydrogen-bond donors (Lipinski definition) is 4. The summed E-state index contributed by atoms with van der Waals surface area (Å²) in [5.74, 6) is 0. The summed E-state index contributed by atoms with van der Waals surface area (Å²) in [6.45, 7) is 1.22. The Kier molecular flexibility index (Phi) is 2.59. The largest absolute Gasteiger partial charge is 0.402 e. The van der Waals surface area contributed by atoms with Crippen LogP contribution in [0.3, 0.4) is 0 Å². The first-order valence-electron chi connectivity index (χ1n) is 1.93. The van der Waals surface area contributed by atoms with E-state index in [9.17, 15) is 4.57 Å². The highest BCUT2D eigenvalue weighted by atomic mass is 31.2. The van der Waals surface area contributed by atoms with Crippen molar-refractivity contribution in [2.24, 2.45) is 0 Å². The SMILES string of the molecule is CC(O)NP(=O)(O)O. The number of aliphatic hydroxyl groups is 1. The first-order valence-corrected chi connectivity index (χ1v) is 3.54. The predicted molar refractivity (Wildman–Crippen MR) is 26.9 cm³/mol. The Morgan fingerprint density at radius 1 is 1.62 bits per heavy atom. The molecule has 0 amide bonds. The van der Waals surface area contributed by atoms with Crippen molar-refractivity contribution in [3.63, 3.8) is 0 Å². The minimum absolute atomic E-state index is 1.17. The molecular formula is C2H8NO4P. The minimum atomic E-state index is -4.22. The molecule has 0 radical (unpaired) electrons. The molecule has 0 aliphatic carbocycles. The highest BCUT2D eigenvalue weighted by Crippen LogP contribution is 2.28. The van der Waals surface area contributed by atoms with Crippen LogP contribution in [0.5, 0.6) is 0 Å². The van der Waals surface area contributed by atoms with Gasteiger partial charge in [-0.3, -0.25) is 0 Å². The molecule has 5 nitrogen and oxygen atoms in total. The molecule has 0 aliphatic heterocycles. The zero-order valence-corrected chi connectivity index (χ0v) is 5.17. The molecule has 0 bridgehead atoms. The zero-order valence-electron chi connectivity index (χ0n) is 4.27. The van der Waals surface area contributed by atoms with E-state index < -0.39 is 14.0 Å². The van der Waals surface area contributed by atoms with Crippen LogP contribution >= 0.6 is 7.75 Å². The van der Waals surface area contributed by atoms with E-state index in [0.717, 1.165) is 0 Å². The molecule has 4 N–H and O–H groups in total. The van der Waals surface area contributed by atoms with Crippen molar-refractivity contribution in [2.45, 2.75) is 13.2 Å². The van der Waals surface area contributed by atoms with Crippen LogP contribution in [0.25, 0.3) is 0 Å². The lowest BCUT2D eigenvalue weighted by Gasteiger charge is -2.06. The fourth-order valence-corrected chi connectivity index (χ4v) is 0.730. The number of rotatable bonds is 2. The van der Waals surface area contributed by atoms with Crippen molar-refractivity contribution in [1.29, 1.82) is 0 Å². The van der Waals surface area contributed by atoms with Gasteiger partial charge < -0.3 is 14.9 Å². The van der Waals surface area contributed by atoms with Crippen LogP contribution < -0.4 is 5.09 Å². The van der Waals surface area contributed by atoms with Crippen LogP contribution in [0.4, 0.5) is 0 Å². The maximum absolute atomic E-state index is 9.86. The summed E-state index contributed by atoms with van der Waals surface area (Å²) in [5.41, 5.74) is 0. The summed E-state index contributed by atoms with van der Waals surface area (Å²) >= 11 is 0. The Bertz CT molecular complexity index is 107.